The van der Waals surface area contributed by atoms with Crippen molar-refractivity contribution in [2.24, 2.45) is 5.16 Å². The van der Waals surface area contributed by atoms with Gasteiger partial charge in [-0.15, -0.1) is 0 Å². The minimum Gasteiger partial charge on any atom is -0.411 e. The normalized spacial score (nSPS) is 19.8. The number of piperidine rings is 1. The molecule has 1 aliphatic heterocycles. The number of hydrogen-bond acceptors (Lipinski definition) is 3. The lowest BCUT2D eigenvalue weighted by Crippen LogP contribution is -2.45. The molecule has 3 nitrogen and oxygen atoms in total. The molecule has 0 radical (unpaired) electrons. The van der Waals surface area contributed by atoms with Crippen molar-refractivity contribution in [3.63, 3.8) is 0 Å². The standard InChI is InChI=1S/C13H16F2N2O/c1-9(17-18)13(5-7-16-8-6-13)10-3-2-4-11(14)12(10)15/h2-4,16,18H,5-8H2,1H3. The number of halogens is 2. The van der Waals surface area contributed by atoms with Crippen LogP contribution in [0.3, 0.4) is 0 Å². The number of rotatable bonds is 2. The third kappa shape index (κ3) is 1.99. The number of benzene rings is 1. The zero-order valence-corrected chi connectivity index (χ0v) is 10.2. The lowest BCUT2D eigenvalue weighted by atomic mass is 9.70. The van der Waals surface area contributed by atoms with E-state index in [9.17, 15) is 8.78 Å². The molecule has 1 aromatic carbocycles. The molecule has 18 heavy (non-hydrogen) atoms. The van der Waals surface area contributed by atoms with Crippen LogP contribution in [0.25, 0.3) is 0 Å². The van der Waals surface area contributed by atoms with Gasteiger partial charge in [0.1, 0.15) is 0 Å². The zero-order valence-electron chi connectivity index (χ0n) is 10.2. The fourth-order valence-corrected chi connectivity index (χ4v) is 2.65. The van der Waals surface area contributed by atoms with Crippen LogP contribution < -0.4 is 5.32 Å². The summed E-state index contributed by atoms with van der Waals surface area (Å²) in [5, 5.41) is 15.4. The molecule has 0 bridgehead atoms. The Kier molecular flexibility index (Phi) is 3.61. The highest BCUT2D eigenvalue weighted by molar-refractivity contribution is 5.92. The molecule has 0 atom stereocenters. The Hall–Kier alpha value is -1.49. The molecule has 0 spiro atoms. The van der Waals surface area contributed by atoms with Gasteiger partial charge in [0.15, 0.2) is 11.6 Å². The summed E-state index contributed by atoms with van der Waals surface area (Å²) in [5.41, 5.74) is -0.0144. The summed E-state index contributed by atoms with van der Waals surface area (Å²) in [6, 6.07) is 4.15. The minimum absolute atomic E-state index is 0.277. The van der Waals surface area contributed by atoms with Crippen molar-refractivity contribution in [1.29, 1.82) is 0 Å². The van der Waals surface area contributed by atoms with E-state index in [1.165, 1.54) is 6.07 Å². The van der Waals surface area contributed by atoms with Crippen LogP contribution in [-0.4, -0.2) is 24.0 Å². The Morgan fingerprint density at radius 3 is 2.61 bits per heavy atom. The molecular formula is C13H16F2N2O. The van der Waals surface area contributed by atoms with Gasteiger partial charge in [0.05, 0.1) is 5.71 Å². The SMILES string of the molecule is CC(=NO)C1(c2cccc(F)c2F)CCNCC1. The van der Waals surface area contributed by atoms with Crippen LogP contribution >= 0.6 is 0 Å². The number of nitrogens with one attached hydrogen (secondary N) is 1. The Bertz CT molecular complexity index is 468. The van der Waals surface area contributed by atoms with E-state index in [-0.39, 0.29) is 5.56 Å². The van der Waals surface area contributed by atoms with Gasteiger partial charge in [-0.05, 0) is 38.9 Å². The summed E-state index contributed by atoms with van der Waals surface area (Å²) in [6.07, 6.45) is 1.17. The Balaban J connectivity index is 2.56. The highest BCUT2D eigenvalue weighted by atomic mass is 19.2. The van der Waals surface area contributed by atoms with Gasteiger partial charge in [0.25, 0.3) is 0 Å². The molecule has 0 saturated carbocycles. The van der Waals surface area contributed by atoms with E-state index >= 15 is 0 Å². The van der Waals surface area contributed by atoms with Crippen molar-refractivity contribution in [2.75, 3.05) is 13.1 Å². The van der Waals surface area contributed by atoms with E-state index in [1.807, 2.05) is 0 Å². The number of oxime groups is 1. The van der Waals surface area contributed by atoms with Crippen molar-refractivity contribution in [2.45, 2.75) is 25.2 Å². The molecule has 1 saturated heterocycles. The highest BCUT2D eigenvalue weighted by Crippen LogP contribution is 2.37. The third-order valence-corrected chi connectivity index (χ3v) is 3.77. The maximum atomic E-state index is 14.0. The Morgan fingerprint density at radius 2 is 2.00 bits per heavy atom. The molecule has 2 N–H and O–H groups in total. The molecule has 0 amide bonds. The van der Waals surface area contributed by atoms with Crippen LogP contribution in [0.5, 0.6) is 0 Å². The summed E-state index contributed by atoms with van der Waals surface area (Å²) >= 11 is 0. The van der Waals surface area contributed by atoms with Crippen LogP contribution in [0.2, 0.25) is 0 Å². The van der Waals surface area contributed by atoms with E-state index < -0.39 is 17.0 Å². The lowest BCUT2D eigenvalue weighted by molar-refractivity contribution is 0.301. The molecule has 5 heteroatoms. The second-order valence-electron chi connectivity index (χ2n) is 4.62. The maximum Gasteiger partial charge on any atom is 0.162 e. The van der Waals surface area contributed by atoms with Gasteiger partial charge in [-0.1, -0.05) is 17.3 Å². The second-order valence-corrected chi connectivity index (χ2v) is 4.62. The van der Waals surface area contributed by atoms with Crippen molar-refractivity contribution in [3.8, 4) is 0 Å². The molecule has 0 aromatic heterocycles. The van der Waals surface area contributed by atoms with E-state index in [2.05, 4.69) is 10.5 Å². The average Bonchev–Trinajstić information content (AvgIpc) is 2.41. The number of nitrogens with zero attached hydrogens (tertiary/aromatic N) is 1. The molecule has 2 rings (SSSR count). The first kappa shape index (κ1) is 13.0. The predicted octanol–water partition coefficient (Wildman–Crippen LogP) is 2.44. The Labute approximate surface area is 105 Å². The van der Waals surface area contributed by atoms with Gasteiger partial charge < -0.3 is 10.5 Å². The van der Waals surface area contributed by atoms with Gasteiger partial charge in [-0.2, -0.15) is 0 Å². The minimum atomic E-state index is -0.865. The third-order valence-electron chi connectivity index (χ3n) is 3.77. The van der Waals surface area contributed by atoms with Gasteiger partial charge in [-0.3, -0.25) is 0 Å². The summed E-state index contributed by atoms with van der Waals surface area (Å²) in [5.74, 6) is -1.71. The summed E-state index contributed by atoms with van der Waals surface area (Å²) in [6.45, 7) is 3.02. The smallest absolute Gasteiger partial charge is 0.162 e. The summed E-state index contributed by atoms with van der Waals surface area (Å²) in [7, 11) is 0. The van der Waals surface area contributed by atoms with Gasteiger partial charge in [-0.25, -0.2) is 8.78 Å². The van der Waals surface area contributed by atoms with Gasteiger partial charge in [0.2, 0.25) is 0 Å². The first-order valence-corrected chi connectivity index (χ1v) is 5.96. The average molecular weight is 254 g/mol. The molecule has 0 unspecified atom stereocenters. The quantitative estimate of drug-likeness (QED) is 0.483. The van der Waals surface area contributed by atoms with E-state index in [4.69, 9.17) is 5.21 Å². The van der Waals surface area contributed by atoms with Crippen LogP contribution in [0, 0.1) is 11.6 Å². The monoisotopic (exact) mass is 254 g/mol. The van der Waals surface area contributed by atoms with Crippen LogP contribution in [0.15, 0.2) is 23.4 Å². The van der Waals surface area contributed by atoms with Crippen molar-refractivity contribution >= 4 is 5.71 Å². The molecule has 1 aliphatic rings. The Morgan fingerprint density at radius 1 is 1.33 bits per heavy atom. The fraction of sp³-hybridized carbons (Fsp3) is 0.462. The highest BCUT2D eigenvalue weighted by Gasteiger charge is 2.39. The van der Waals surface area contributed by atoms with E-state index in [1.54, 1.807) is 13.0 Å². The van der Waals surface area contributed by atoms with Crippen LogP contribution in [0.4, 0.5) is 8.78 Å². The maximum absolute atomic E-state index is 14.0. The lowest BCUT2D eigenvalue weighted by Gasteiger charge is -2.37. The first-order valence-electron chi connectivity index (χ1n) is 5.96. The molecule has 98 valence electrons. The molecule has 0 aliphatic carbocycles. The topological polar surface area (TPSA) is 44.6 Å². The van der Waals surface area contributed by atoms with Crippen molar-refractivity contribution in [1.82, 2.24) is 5.32 Å². The van der Waals surface area contributed by atoms with Gasteiger partial charge >= 0.3 is 0 Å². The van der Waals surface area contributed by atoms with Crippen molar-refractivity contribution in [3.05, 3.63) is 35.4 Å². The number of hydrogen-bond donors (Lipinski definition) is 2. The van der Waals surface area contributed by atoms with Crippen molar-refractivity contribution < 1.29 is 14.0 Å². The molecular weight excluding hydrogens is 238 g/mol. The van der Waals surface area contributed by atoms with E-state index in [0.29, 0.717) is 31.6 Å². The first-order chi connectivity index (χ1) is 8.62. The summed E-state index contributed by atoms with van der Waals surface area (Å²) in [4.78, 5) is 0. The zero-order chi connectivity index (χ0) is 13.2. The largest absolute Gasteiger partial charge is 0.411 e. The van der Waals surface area contributed by atoms with Crippen LogP contribution in [-0.2, 0) is 5.41 Å². The summed E-state index contributed by atoms with van der Waals surface area (Å²) < 4.78 is 27.4. The molecule has 1 aromatic rings. The van der Waals surface area contributed by atoms with E-state index in [0.717, 1.165) is 6.07 Å². The predicted molar refractivity (Wildman–Crippen MR) is 65.0 cm³/mol. The molecule has 1 heterocycles. The fourth-order valence-electron chi connectivity index (χ4n) is 2.65. The van der Waals surface area contributed by atoms with Gasteiger partial charge in [0, 0.05) is 11.0 Å². The van der Waals surface area contributed by atoms with Crippen LogP contribution in [0.1, 0.15) is 25.3 Å². The molecule has 1 fully saturated rings. The second kappa shape index (κ2) is 5.02.